The van der Waals surface area contributed by atoms with E-state index in [9.17, 15) is 4.79 Å². The first-order valence-electron chi connectivity index (χ1n) is 5.36. The molecule has 2 nitrogen and oxygen atoms in total. The van der Waals surface area contributed by atoms with Gasteiger partial charge in [0.25, 0.3) is 5.91 Å². The number of nitrogens with one attached hydrogen (secondary N) is 1. The second kappa shape index (κ2) is 6.54. The molecule has 5 heteroatoms. The average Bonchev–Trinajstić information content (AvgIpc) is 2.83. The smallest absolute Gasteiger partial charge is 0.252 e. The largest absolute Gasteiger partial charge is 0.344 e. The van der Waals surface area contributed by atoms with Gasteiger partial charge in [-0.2, -0.15) is 0 Å². The lowest BCUT2D eigenvalue weighted by atomic mass is 10.1. The van der Waals surface area contributed by atoms with E-state index in [0.717, 1.165) is 8.45 Å². The Morgan fingerprint density at radius 3 is 2.67 bits per heavy atom. The second-order valence-corrected chi connectivity index (χ2v) is 6.84. The second-order valence-electron chi connectivity index (χ2n) is 3.73. The molecule has 1 atom stereocenters. The maximum Gasteiger partial charge on any atom is 0.252 e. The Kier molecular flexibility index (Phi) is 5.03. The molecule has 1 aromatic carbocycles. The molecule has 0 saturated carbocycles. The molecule has 0 radical (unpaired) electrons. The average molecular weight is 392 g/mol. The Hall–Kier alpha value is -0.590. The molecule has 1 N–H and O–H groups in total. The summed E-state index contributed by atoms with van der Waals surface area (Å²) >= 11 is 9.68. The van der Waals surface area contributed by atoms with Gasteiger partial charge >= 0.3 is 0 Å². The van der Waals surface area contributed by atoms with Crippen LogP contribution in [0.15, 0.2) is 41.8 Å². The number of hydrogen-bond acceptors (Lipinski definition) is 2. The van der Waals surface area contributed by atoms with E-state index in [0.29, 0.717) is 11.4 Å². The van der Waals surface area contributed by atoms with Gasteiger partial charge in [-0.15, -0.1) is 22.9 Å². The summed E-state index contributed by atoms with van der Waals surface area (Å²) in [5, 5.41) is 4.80. The minimum absolute atomic E-state index is 0.0799. The zero-order valence-corrected chi connectivity index (χ0v) is 13.1. The van der Waals surface area contributed by atoms with Crippen molar-refractivity contribution in [1.29, 1.82) is 0 Å². The third-order valence-electron chi connectivity index (χ3n) is 2.49. The minimum atomic E-state index is -0.155. The van der Waals surface area contributed by atoms with E-state index in [4.69, 9.17) is 11.6 Å². The molecule has 18 heavy (non-hydrogen) atoms. The van der Waals surface area contributed by atoms with Crippen LogP contribution >= 0.6 is 45.5 Å². The predicted octanol–water partition coefficient (Wildman–Crippen LogP) is 4.06. The van der Waals surface area contributed by atoms with Gasteiger partial charge in [0.05, 0.1) is 14.5 Å². The third kappa shape index (κ3) is 3.46. The highest BCUT2D eigenvalue weighted by Gasteiger charge is 2.15. The third-order valence-corrected chi connectivity index (χ3v) is 4.59. The van der Waals surface area contributed by atoms with E-state index in [1.54, 1.807) is 11.3 Å². The quantitative estimate of drug-likeness (QED) is 0.618. The summed E-state index contributed by atoms with van der Waals surface area (Å²) in [5.41, 5.74) is 1.71. The highest BCUT2D eigenvalue weighted by Crippen LogP contribution is 2.19. The van der Waals surface area contributed by atoms with Crippen molar-refractivity contribution < 1.29 is 4.79 Å². The molecule has 1 heterocycles. The fourth-order valence-corrected chi connectivity index (χ4v) is 3.15. The number of rotatable bonds is 4. The molecular formula is C13H11ClINOS. The molecule has 1 unspecified atom stereocenters. The molecule has 2 aromatic rings. The molecule has 1 amide bonds. The molecule has 0 bridgehead atoms. The van der Waals surface area contributed by atoms with Crippen LogP contribution in [0.1, 0.15) is 22.0 Å². The Morgan fingerprint density at radius 1 is 1.39 bits per heavy atom. The van der Waals surface area contributed by atoms with Crippen LogP contribution in [0.3, 0.4) is 0 Å². The van der Waals surface area contributed by atoms with Crippen LogP contribution in [-0.2, 0) is 0 Å². The van der Waals surface area contributed by atoms with Crippen molar-refractivity contribution in [3.8, 4) is 0 Å². The summed E-state index contributed by atoms with van der Waals surface area (Å²) in [5.74, 6) is 0.278. The van der Waals surface area contributed by atoms with Crippen LogP contribution in [0.5, 0.6) is 0 Å². The Labute approximate surface area is 129 Å². The van der Waals surface area contributed by atoms with Gasteiger partial charge in [-0.25, -0.2) is 0 Å². The van der Waals surface area contributed by atoms with Gasteiger partial charge in [0.15, 0.2) is 0 Å². The van der Waals surface area contributed by atoms with E-state index in [1.165, 1.54) is 0 Å². The topological polar surface area (TPSA) is 29.1 Å². The maximum absolute atomic E-state index is 12.0. The molecule has 0 saturated heterocycles. The minimum Gasteiger partial charge on any atom is -0.344 e. The summed E-state index contributed by atoms with van der Waals surface area (Å²) in [4.78, 5) is 12.0. The normalized spacial score (nSPS) is 12.1. The van der Waals surface area contributed by atoms with Crippen molar-refractivity contribution in [1.82, 2.24) is 5.32 Å². The van der Waals surface area contributed by atoms with E-state index in [1.807, 2.05) is 41.8 Å². The highest BCUT2D eigenvalue weighted by molar-refractivity contribution is 14.1. The molecule has 0 fully saturated rings. The lowest BCUT2D eigenvalue weighted by Crippen LogP contribution is -2.29. The molecule has 0 spiro atoms. The first-order valence-corrected chi connectivity index (χ1v) is 7.86. The van der Waals surface area contributed by atoms with E-state index >= 15 is 0 Å². The molecule has 0 aliphatic rings. The number of hydrogen-bond donors (Lipinski definition) is 1. The standard InChI is InChI=1S/C13H11ClINOS/c14-7-11(9-4-2-1-3-5-9)16-13(17)10-6-12(15)18-8-10/h1-6,8,11H,7H2,(H,16,17). The van der Waals surface area contributed by atoms with Gasteiger partial charge in [0.2, 0.25) is 0 Å². The van der Waals surface area contributed by atoms with Crippen molar-refractivity contribution in [2.75, 3.05) is 5.88 Å². The van der Waals surface area contributed by atoms with Gasteiger partial charge in [-0.3, -0.25) is 4.79 Å². The number of halogens is 2. The lowest BCUT2D eigenvalue weighted by Gasteiger charge is -2.15. The molecule has 0 aliphatic carbocycles. The zero-order chi connectivity index (χ0) is 13.0. The predicted molar refractivity (Wildman–Crippen MR) is 84.4 cm³/mol. The van der Waals surface area contributed by atoms with Gasteiger partial charge < -0.3 is 5.32 Å². The molecule has 94 valence electrons. The number of carbonyl (C=O) groups is 1. The fourth-order valence-electron chi connectivity index (χ4n) is 1.57. The number of alkyl halides is 1. The fraction of sp³-hybridized carbons (Fsp3) is 0.154. The maximum atomic E-state index is 12.0. The summed E-state index contributed by atoms with van der Waals surface area (Å²) in [6.07, 6.45) is 0. The number of amides is 1. The van der Waals surface area contributed by atoms with Crippen molar-refractivity contribution in [2.45, 2.75) is 6.04 Å². The van der Waals surface area contributed by atoms with Crippen LogP contribution < -0.4 is 5.32 Å². The lowest BCUT2D eigenvalue weighted by molar-refractivity contribution is 0.0941. The van der Waals surface area contributed by atoms with Crippen LogP contribution in [-0.4, -0.2) is 11.8 Å². The monoisotopic (exact) mass is 391 g/mol. The zero-order valence-electron chi connectivity index (χ0n) is 9.40. The Morgan fingerprint density at radius 2 is 2.11 bits per heavy atom. The van der Waals surface area contributed by atoms with Crippen molar-refractivity contribution in [3.63, 3.8) is 0 Å². The summed E-state index contributed by atoms with van der Waals surface area (Å²) in [7, 11) is 0. The van der Waals surface area contributed by atoms with E-state index < -0.39 is 0 Å². The highest BCUT2D eigenvalue weighted by atomic mass is 127. The van der Waals surface area contributed by atoms with Crippen molar-refractivity contribution in [2.24, 2.45) is 0 Å². The van der Waals surface area contributed by atoms with Gasteiger partial charge in [0.1, 0.15) is 0 Å². The van der Waals surface area contributed by atoms with Gasteiger partial charge in [-0.05, 0) is 34.2 Å². The van der Waals surface area contributed by atoms with Crippen LogP contribution in [0.4, 0.5) is 0 Å². The first kappa shape index (κ1) is 13.8. The van der Waals surface area contributed by atoms with Gasteiger partial charge in [-0.1, -0.05) is 30.3 Å². The molecule has 2 rings (SSSR count). The molecule has 1 aromatic heterocycles. The summed E-state index contributed by atoms with van der Waals surface area (Å²) in [6.45, 7) is 0. The van der Waals surface area contributed by atoms with Crippen LogP contribution in [0, 0.1) is 2.88 Å². The summed E-state index contributed by atoms with van der Waals surface area (Å²) < 4.78 is 1.10. The number of carbonyl (C=O) groups excluding carboxylic acids is 1. The Bertz CT molecular complexity index is 529. The molecular weight excluding hydrogens is 381 g/mol. The van der Waals surface area contributed by atoms with E-state index in [2.05, 4.69) is 27.9 Å². The molecule has 0 aliphatic heterocycles. The van der Waals surface area contributed by atoms with Crippen molar-refractivity contribution in [3.05, 3.63) is 55.8 Å². The SMILES string of the molecule is O=C(NC(CCl)c1ccccc1)c1csc(I)c1. The van der Waals surface area contributed by atoms with Crippen LogP contribution in [0.25, 0.3) is 0 Å². The first-order chi connectivity index (χ1) is 8.70. The van der Waals surface area contributed by atoms with Crippen molar-refractivity contribution >= 4 is 51.4 Å². The number of benzene rings is 1. The van der Waals surface area contributed by atoms with E-state index in [-0.39, 0.29) is 11.9 Å². The van der Waals surface area contributed by atoms with Gasteiger partial charge in [0, 0.05) is 11.3 Å². The summed E-state index contributed by atoms with van der Waals surface area (Å²) in [6, 6.07) is 11.5. The number of thiophene rings is 1. The van der Waals surface area contributed by atoms with Crippen LogP contribution in [0.2, 0.25) is 0 Å². The Balaban J connectivity index is 2.10.